The summed E-state index contributed by atoms with van der Waals surface area (Å²) >= 11 is 10.9. The molecule has 0 fully saturated rings. The molecule has 8 heteroatoms. The summed E-state index contributed by atoms with van der Waals surface area (Å²) in [6.07, 6.45) is 0.651. The van der Waals surface area contributed by atoms with E-state index in [1.54, 1.807) is 36.5 Å². The molecule has 0 saturated carbocycles. The van der Waals surface area contributed by atoms with Crippen molar-refractivity contribution in [2.24, 2.45) is 0 Å². The third-order valence-electron chi connectivity index (χ3n) is 3.74. The number of amides is 1. The fourth-order valence-corrected chi connectivity index (χ4v) is 2.46. The van der Waals surface area contributed by atoms with E-state index in [4.69, 9.17) is 28.5 Å². The summed E-state index contributed by atoms with van der Waals surface area (Å²) in [6, 6.07) is 11.3. The average Bonchev–Trinajstić information content (AvgIpc) is 2.66. The van der Waals surface area contributed by atoms with Crippen molar-refractivity contribution in [1.82, 2.24) is 10.3 Å². The first-order valence-corrected chi connectivity index (χ1v) is 8.58. The van der Waals surface area contributed by atoms with Gasteiger partial charge in [0.1, 0.15) is 12.8 Å². The fourth-order valence-electron chi connectivity index (χ4n) is 2.33. The molecule has 136 valence electrons. The summed E-state index contributed by atoms with van der Waals surface area (Å²) in [5.74, 6) is -0.768. The molecule has 5 nitrogen and oxygen atoms in total. The van der Waals surface area contributed by atoms with E-state index in [9.17, 15) is 14.3 Å². The van der Waals surface area contributed by atoms with Crippen molar-refractivity contribution in [1.29, 1.82) is 5.26 Å². The molecule has 1 aromatic heterocycles. The number of aliphatic hydroxyl groups excluding tert-OH is 1. The van der Waals surface area contributed by atoms with Crippen LogP contribution in [0.1, 0.15) is 17.4 Å². The second kappa shape index (κ2) is 9.48. The van der Waals surface area contributed by atoms with Crippen molar-refractivity contribution in [3.05, 3.63) is 53.9 Å². The molecular weight excluding hydrogens is 380 g/mol. The van der Waals surface area contributed by atoms with E-state index in [-0.39, 0.29) is 6.42 Å². The van der Waals surface area contributed by atoms with Gasteiger partial charge in [-0.2, -0.15) is 5.26 Å². The standard InChI is InChI=1S/C18H16Cl2FN3O2/c19-17(20)18(26)24-15(9-21)16(25)12-3-1-11(2-4-12)13-5-6-14(7-8-22)23-10-13/h1-6,10,15-17,25H,7,9H2,(H,24,26)/t15-,16-/m1/s1. The molecular formula is C18H16Cl2FN3O2. The number of carbonyl (C=O) groups is 1. The lowest BCUT2D eigenvalue weighted by atomic mass is 9.99. The summed E-state index contributed by atoms with van der Waals surface area (Å²) in [5, 5.41) is 21.2. The Balaban J connectivity index is 2.12. The van der Waals surface area contributed by atoms with Crippen LogP contribution in [-0.2, 0) is 11.2 Å². The normalized spacial score (nSPS) is 13.1. The van der Waals surface area contributed by atoms with Crippen LogP contribution in [0.25, 0.3) is 11.1 Å². The van der Waals surface area contributed by atoms with Crippen LogP contribution in [0.2, 0.25) is 0 Å². The molecule has 2 rings (SSSR count). The molecule has 0 aliphatic rings. The topological polar surface area (TPSA) is 86.0 Å². The van der Waals surface area contributed by atoms with E-state index < -0.39 is 29.6 Å². The summed E-state index contributed by atoms with van der Waals surface area (Å²) in [7, 11) is 0. The van der Waals surface area contributed by atoms with E-state index in [1.807, 2.05) is 12.1 Å². The van der Waals surface area contributed by atoms with E-state index in [2.05, 4.69) is 10.3 Å². The van der Waals surface area contributed by atoms with Crippen molar-refractivity contribution in [3.63, 3.8) is 0 Å². The molecule has 0 aliphatic carbocycles. The Bertz CT molecular complexity index is 777. The van der Waals surface area contributed by atoms with Gasteiger partial charge in [-0.15, -0.1) is 0 Å². The maximum absolute atomic E-state index is 13.2. The number of aliphatic hydroxyl groups is 1. The van der Waals surface area contributed by atoms with E-state index in [1.165, 1.54) is 0 Å². The zero-order valence-electron chi connectivity index (χ0n) is 13.6. The highest BCUT2D eigenvalue weighted by molar-refractivity contribution is 6.53. The molecule has 2 atom stereocenters. The maximum atomic E-state index is 13.2. The zero-order chi connectivity index (χ0) is 19.1. The minimum Gasteiger partial charge on any atom is -0.386 e. The van der Waals surface area contributed by atoms with Crippen molar-refractivity contribution in [2.75, 3.05) is 6.67 Å². The van der Waals surface area contributed by atoms with Gasteiger partial charge in [0.15, 0.2) is 4.84 Å². The molecule has 26 heavy (non-hydrogen) atoms. The van der Waals surface area contributed by atoms with Gasteiger partial charge in [0.05, 0.1) is 24.2 Å². The minimum atomic E-state index is -1.34. The van der Waals surface area contributed by atoms with Crippen molar-refractivity contribution < 1.29 is 14.3 Å². The van der Waals surface area contributed by atoms with Gasteiger partial charge in [-0.3, -0.25) is 9.78 Å². The molecule has 1 heterocycles. The van der Waals surface area contributed by atoms with Gasteiger partial charge in [-0.05, 0) is 17.2 Å². The number of nitriles is 1. The summed E-state index contributed by atoms with van der Waals surface area (Å²) < 4.78 is 13.2. The van der Waals surface area contributed by atoms with Crippen molar-refractivity contribution in [3.8, 4) is 17.2 Å². The molecule has 0 unspecified atom stereocenters. The van der Waals surface area contributed by atoms with Crippen LogP contribution in [0.15, 0.2) is 42.6 Å². The monoisotopic (exact) mass is 395 g/mol. The largest absolute Gasteiger partial charge is 0.386 e. The van der Waals surface area contributed by atoms with E-state index in [0.717, 1.165) is 11.1 Å². The highest BCUT2D eigenvalue weighted by Crippen LogP contribution is 2.24. The fraction of sp³-hybridized carbons (Fsp3) is 0.278. The van der Waals surface area contributed by atoms with Crippen LogP contribution in [0, 0.1) is 11.3 Å². The number of hydrogen-bond acceptors (Lipinski definition) is 4. The van der Waals surface area contributed by atoms with Crippen LogP contribution in [0.3, 0.4) is 0 Å². The van der Waals surface area contributed by atoms with Gasteiger partial charge < -0.3 is 10.4 Å². The lowest BCUT2D eigenvalue weighted by molar-refractivity contribution is -0.121. The van der Waals surface area contributed by atoms with Crippen LogP contribution in [0.4, 0.5) is 4.39 Å². The number of alkyl halides is 3. The van der Waals surface area contributed by atoms with E-state index >= 15 is 0 Å². The lowest BCUT2D eigenvalue weighted by Gasteiger charge is -2.22. The number of nitrogens with zero attached hydrogens (tertiary/aromatic N) is 2. The maximum Gasteiger partial charge on any atom is 0.253 e. The Morgan fingerprint density at radius 3 is 2.38 bits per heavy atom. The Morgan fingerprint density at radius 2 is 1.88 bits per heavy atom. The minimum absolute atomic E-state index is 0.243. The molecule has 0 radical (unpaired) electrons. The van der Waals surface area contributed by atoms with E-state index in [0.29, 0.717) is 11.3 Å². The summed E-state index contributed by atoms with van der Waals surface area (Å²) in [6.45, 7) is -0.973. The van der Waals surface area contributed by atoms with Gasteiger partial charge in [-0.25, -0.2) is 4.39 Å². The average molecular weight is 396 g/mol. The van der Waals surface area contributed by atoms with Gasteiger partial charge in [0.25, 0.3) is 5.91 Å². The quantitative estimate of drug-likeness (QED) is 0.705. The molecule has 0 saturated heterocycles. The number of nitrogens with one attached hydrogen (secondary N) is 1. The molecule has 2 aromatic rings. The highest BCUT2D eigenvalue weighted by atomic mass is 35.5. The molecule has 0 bridgehead atoms. The van der Waals surface area contributed by atoms with Gasteiger partial charge in [0.2, 0.25) is 0 Å². The zero-order valence-corrected chi connectivity index (χ0v) is 15.1. The summed E-state index contributed by atoms with van der Waals surface area (Å²) in [4.78, 5) is 14.3. The van der Waals surface area contributed by atoms with Crippen LogP contribution >= 0.6 is 23.2 Å². The van der Waals surface area contributed by atoms with Crippen molar-refractivity contribution in [2.45, 2.75) is 23.4 Å². The third-order valence-corrected chi connectivity index (χ3v) is 4.14. The Labute approximate surface area is 160 Å². The van der Waals surface area contributed by atoms with Crippen LogP contribution in [-0.4, -0.2) is 33.6 Å². The predicted molar refractivity (Wildman–Crippen MR) is 97.3 cm³/mol. The Hall–Kier alpha value is -2.20. The first-order chi connectivity index (χ1) is 12.5. The summed E-state index contributed by atoms with van der Waals surface area (Å²) in [5.41, 5.74) is 2.81. The number of aromatic nitrogens is 1. The number of carbonyl (C=O) groups excluding carboxylic acids is 1. The number of pyridine rings is 1. The molecule has 0 spiro atoms. The number of benzene rings is 1. The lowest BCUT2D eigenvalue weighted by Crippen LogP contribution is -2.43. The SMILES string of the molecule is N#CCc1ccc(-c2ccc([C@@H](O)[C@@H](CF)NC(=O)C(Cl)Cl)cc2)cn1. The highest BCUT2D eigenvalue weighted by Gasteiger charge is 2.25. The Morgan fingerprint density at radius 1 is 1.23 bits per heavy atom. The number of halogens is 3. The predicted octanol–water partition coefficient (Wildman–Crippen LogP) is 3.11. The first-order valence-electron chi connectivity index (χ1n) is 7.71. The number of hydrogen-bond donors (Lipinski definition) is 2. The molecule has 1 amide bonds. The van der Waals surface area contributed by atoms with Gasteiger partial charge >= 0.3 is 0 Å². The molecule has 0 aliphatic heterocycles. The third kappa shape index (κ3) is 5.15. The number of rotatable bonds is 7. The van der Waals surface area contributed by atoms with Gasteiger partial charge in [0, 0.05) is 11.8 Å². The van der Waals surface area contributed by atoms with Gasteiger partial charge in [-0.1, -0.05) is 53.5 Å². The van der Waals surface area contributed by atoms with Crippen molar-refractivity contribution >= 4 is 29.1 Å². The molecule has 2 N–H and O–H groups in total. The van der Waals surface area contributed by atoms with Crippen LogP contribution < -0.4 is 5.32 Å². The Kier molecular flexibility index (Phi) is 7.34. The second-order valence-electron chi connectivity index (χ2n) is 5.51. The first kappa shape index (κ1) is 20.1. The molecule has 1 aromatic carbocycles. The smallest absolute Gasteiger partial charge is 0.253 e. The van der Waals surface area contributed by atoms with Crippen LogP contribution in [0.5, 0.6) is 0 Å². The second-order valence-corrected chi connectivity index (χ2v) is 6.61.